The summed E-state index contributed by atoms with van der Waals surface area (Å²) in [6.07, 6.45) is 1.93. The molecule has 29 heavy (non-hydrogen) atoms. The Labute approximate surface area is 169 Å². The molecule has 1 aliphatic heterocycles. The largest absolute Gasteiger partial charge is 0.497 e. The van der Waals surface area contributed by atoms with Crippen molar-refractivity contribution in [3.8, 4) is 5.75 Å². The molecule has 0 saturated carbocycles. The third-order valence-electron chi connectivity index (χ3n) is 5.25. The molecule has 0 spiro atoms. The molecule has 6 heteroatoms. The number of hydrogen-bond donors (Lipinski definition) is 1. The van der Waals surface area contributed by atoms with Gasteiger partial charge >= 0.3 is 0 Å². The van der Waals surface area contributed by atoms with Gasteiger partial charge in [-0.1, -0.05) is 18.2 Å². The van der Waals surface area contributed by atoms with Crippen molar-refractivity contribution in [3.63, 3.8) is 0 Å². The zero-order chi connectivity index (χ0) is 20.2. The number of pyridine rings is 1. The molecule has 1 amide bonds. The Morgan fingerprint density at radius 2 is 2.03 bits per heavy atom. The van der Waals surface area contributed by atoms with E-state index >= 15 is 0 Å². The highest BCUT2D eigenvalue weighted by Gasteiger charge is 2.24. The minimum atomic E-state index is -0.205. The average molecular weight is 392 g/mol. The van der Waals surface area contributed by atoms with Gasteiger partial charge in [-0.3, -0.25) is 9.59 Å². The van der Waals surface area contributed by atoms with E-state index in [1.165, 1.54) is 0 Å². The first kappa shape index (κ1) is 19.2. The monoisotopic (exact) mass is 392 g/mol. The molecule has 0 radical (unpaired) electrons. The number of fused-ring (bicyclic) bond motifs is 1. The van der Waals surface area contributed by atoms with Crippen LogP contribution in [-0.4, -0.2) is 42.2 Å². The fraction of sp³-hybridized carbons (Fsp3) is 0.304. The second-order valence-corrected chi connectivity index (χ2v) is 7.26. The standard InChI is InChI=1S/C23H24N2O4/c1-28-19-10-9-17-12-18(22(26)24-21(17)13-19)14-25(15-20-8-5-11-29-20)23(27)16-6-3-2-4-7-16/h2-4,6-7,9-10,12-13,20H,5,8,11,14-15H2,1H3,(H,24,26). The lowest BCUT2D eigenvalue weighted by Gasteiger charge is -2.25. The van der Waals surface area contributed by atoms with E-state index in [1.807, 2.05) is 36.4 Å². The Bertz CT molecular complexity index is 1060. The summed E-state index contributed by atoms with van der Waals surface area (Å²) in [5.41, 5.74) is 1.65. The fourth-order valence-corrected chi connectivity index (χ4v) is 3.69. The molecule has 1 atom stereocenters. The summed E-state index contributed by atoms with van der Waals surface area (Å²) >= 11 is 0. The van der Waals surface area contributed by atoms with E-state index in [-0.39, 0.29) is 24.1 Å². The molecule has 1 unspecified atom stereocenters. The van der Waals surface area contributed by atoms with Crippen LogP contribution >= 0.6 is 0 Å². The van der Waals surface area contributed by atoms with Crippen molar-refractivity contribution in [2.45, 2.75) is 25.5 Å². The number of rotatable bonds is 6. The van der Waals surface area contributed by atoms with Crippen LogP contribution in [0, 0.1) is 0 Å². The molecule has 2 aromatic carbocycles. The lowest BCUT2D eigenvalue weighted by atomic mass is 10.1. The van der Waals surface area contributed by atoms with Crippen LogP contribution in [0.5, 0.6) is 5.75 Å². The van der Waals surface area contributed by atoms with Crippen LogP contribution < -0.4 is 10.3 Å². The zero-order valence-corrected chi connectivity index (χ0v) is 16.4. The summed E-state index contributed by atoms with van der Waals surface area (Å²) in [5, 5.41) is 0.893. The maximum Gasteiger partial charge on any atom is 0.254 e. The highest BCUT2D eigenvalue weighted by Crippen LogP contribution is 2.20. The lowest BCUT2D eigenvalue weighted by Crippen LogP contribution is -2.38. The predicted octanol–water partition coefficient (Wildman–Crippen LogP) is 3.36. The molecule has 1 aromatic heterocycles. The van der Waals surface area contributed by atoms with Crippen LogP contribution in [0.15, 0.2) is 59.4 Å². The molecule has 1 aliphatic rings. The van der Waals surface area contributed by atoms with Crippen molar-refractivity contribution in [2.24, 2.45) is 0 Å². The number of methoxy groups -OCH3 is 1. The van der Waals surface area contributed by atoms with Gasteiger partial charge in [0, 0.05) is 30.3 Å². The van der Waals surface area contributed by atoms with Gasteiger partial charge in [0.2, 0.25) is 0 Å². The lowest BCUT2D eigenvalue weighted by molar-refractivity contribution is 0.0506. The first-order valence-corrected chi connectivity index (χ1v) is 9.80. The quantitative estimate of drug-likeness (QED) is 0.698. The average Bonchev–Trinajstić information content (AvgIpc) is 3.26. The number of hydrogen-bond acceptors (Lipinski definition) is 4. The van der Waals surface area contributed by atoms with Crippen molar-refractivity contribution in [1.29, 1.82) is 0 Å². The van der Waals surface area contributed by atoms with E-state index in [1.54, 1.807) is 30.2 Å². The molecule has 1 N–H and O–H groups in total. The maximum absolute atomic E-state index is 13.1. The van der Waals surface area contributed by atoms with Gasteiger partial charge < -0.3 is 19.4 Å². The molecule has 3 aromatic rings. The van der Waals surface area contributed by atoms with E-state index in [0.29, 0.717) is 28.9 Å². The Morgan fingerprint density at radius 3 is 2.76 bits per heavy atom. The number of nitrogens with one attached hydrogen (secondary N) is 1. The second kappa shape index (κ2) is 8.49. The van der Waals surface area contributed by atoms with Crippen LogP contribution in [0.2, 0.25) is 0 Å². The smallest absolute Gasteiger partial charge is 0.254 e. The van der Waals surface area contributed by atoms with E-state index < -0.39 is 0 Å². The van der Waals surface area contributed by atoms with Crippen molar-refractivity contribution in [1.82, 2.24) is 9.88 Å². The number of nitrogens with zero attached hydrogens (tertiary/aromatic N) is 1. The first-order valence-electron chi connectivity index (χ1n) is 9.80. The third kappa shape index (κ3) is 4.32. The minimum absolute atomic E-state index is 0.00598. The van der Waals surface area contributed by atoms with Gasteiger partial charge in [0.15, 0.2) is 0 Å². The van der Waals surface area contributed by atoms with Gasteiger partial charge in [0.25, 0.3) is 11.5 Å². The summed E-state index contributed by atoms with van der Waals surface area (Å²) in [4.78, 5) is 30.5. The normalized spacial score (nSPS) is 16.1. The molecule has 150 valence electrons. The van der Waals surface area contributed by atoms with Gasteiger partial charge in [-0.2, -0.15) is 0 Å². The summed E-state index contributed by atoms with van der Waals surface area (Å²) in [7, 11) is 1.59. The summed E-state index contributed by atoms with van der Waals surface area (Å²) < 4.78 is 11.0. The number of aromatic nitrogens is 1. The fourth-order valence-electron chi connectivity index (χ4n) is 3.69. The van der Waals surface area contributed by atoms with Crippen LogP contribution in [0.3, 0.4) is 0 Å². The van der Waals surface area contributed by atoms with Crippen LogP contribution in [0.4, 0.5) is 0 Å². The van der Waals surface area contributed by atoms with Crippen molar-refractivity contribution < 1.29 is 14.3 Å². The van der Waals surface area contributed by atoms with E-state index in [0.717, 1.165) is 24.8 Å². The number of benzene rings is 2. The molecule has 1 saturated heterocycles. The van der Waals surface area contributed by atoms with E-state index in [4.69, 9.17) is 9.47 Å². The highest BCUT2D eigenvalue weighted by atomic mass is 16.5. The van der Waals surface area contributed by atoms with Crippen LogP contribution in [0.25, 0.3) is 10.9 Å². The number of aromatic amines is 1. The molecule has 0 bridgehead atoms. The summed E-state index contributed by atoms with van der Waals surface area (Å²) in [5.74, 6) is 0.579. The van der Waals surface area contributed by atoms with Crippen molar-refractivity contribution in [2.75, 3.05) is 20.3 Å². The summed E-state index contributed by atoms with van der Waals surface area (Å²) in [6, 6.07) is 16.5. The second-order valence-electron chi connectivity index (χ2n) is 7.26. The van der Waals surface area contributed by atoms with E-state index in [9.17, 15) is 9.59 Å². The van der Waals surface area contributed by atoms with Gasteiger partial charge in [-0.25, -0.2) is 0 Å². The zero-order valence-electron chi connectivity index (χ0n) is 16.4. The van der Waals surface area contributed by atoms with Crippen molar-refractivity contribution in [3.05, 3.63) is 76.1 Å². The Morgan fingerprint density at radius 1 is 1.21 bits per heavy atom. The summed E-state index contributed by atoms with van der Waals surface area (Å²) in [6.45, 7) is 1.41. The van der Waals surface area contributed by atoms with Gasteiger partial charge in [-0.05, 0) is 48.6 Å². The molecule has 0 aliphatic carbocycles. The molecule has 1 fully saturated rings. The number of amides is 1. The van der Waals surface area contributed by atoms with E-state index in [2.05, 4.69) is 4.98 Å². The number of carbonyl (C=O) groups is 1. The number of H-pyrrole nitrogens is 1. The van der Waals surface area contributed by atoms with Gasteiger partial charge in [0.05, 0.1) is 25.3 Å². The van der Waals surface area contributed by atoms with Gasteiger partial charge in [-0.15, -0.1) is 0 Å². The minimum Gasteiger partial charge on any atom is -0.497 e. The molecule has 6 nitrogen and oxygen atoms in total. The first-order chi connectivity index (χ1) is 14.1. The van der Waals surface area contributed by atoms with Crippen LogP contribution in [0.1, 0.15) is 28.8 Å². The maximum atomic E-state index is 13.1. The van der Waals surface area contributed by atoms with Crippen molar-refractivity contribution >= 4 is 16.8 Å². The Kier molecular flexibility index (Phi) is 5.62. The predicted molar refractivity (Wildman–Crippen MR) is 111 cm³/mol. The third-order valence-corrected chi connectivity index (χ3v) is 5.25. The van der Waals surface area contributed by atoms with Gasteiger partial charge in [0.1, 0.15) is 5.75 Å². The number of carbonyl (C=O) groups excluding carboxylic acids is 1. The van der Waals surface area contributed by atoms with Crippen LogP contribution in [-0.2, 0) is 11.3 Å². The molecular weight excluding hydrogens is 368 g/mol. The number of ether oxygens (including phenoxy) is 2. The molecule has 4 rings (SSSR count). The highest BCUT2D eigenvalue weighted by molar-refractivity contribution is 5.94. The molecule has 2 heterocycles. The SMILES string of the molecule is COc1ccc2cc(CN(CC3CCCO3)C(=O)c3ccccc3)c(=O)[nH]c2c1. The topological polar surface area (TPSA) is 71.6 Å². The Balaban J connectivity index is 1.65. The molecular formula is C23H24N2O4. The Hall–Kier alpha value is -3.12.